The first kappa shape index (κ1) is 17.5. The van der Waals surface area contributed by atoms with Gasteiger partial charge in [-0.15, -0.1) is 0 Å². The molecule has 0 radical (unpaired) electrons. The Kier molecular flexibility index (Phi) is 5.05. The number of hydrogen-bond acceptors (Lipinski definition) is 1. The van der Waals surface area contributed by atoms with Crippen LogP contribution in [0.15, 0.2) is 66.9 Å². The van der Waals surface area contributed by atoms with E-state index in [1.807, 2.05) is 23.2 Å². The molecule has 1 aliphatic heterocycles. The van der Waals surface area contributed by atoms with Crippen molar-refractivity contribution < 1.29 is 9.18 Å². The number of rotatable bonds is 3. The first-order valence-electron chi connectivity index (χ1n) is 9.49. The Morgan fingerprint density at radius 1 is 1.00 bits per heavy atom. The molecule has 138 valence electrons. The molecule has 2 heterocycles. The summed E-state index contributed by atoms with van der Waals surface area (Å²) in [5.41, 5.74) is 3.68. The Morgan fingerprint density at radius 3 is 2.56 bits per heavy atom. The second-order valence-electron chi connectivity index (χ2n) is 7.16. The number of H-pyrrole nitrogens is 1. The number of aromatic nitrogens is 1. The lowest BCUT2D eigenvalue weighted by Crippen LogP contribution is -2.34. The van der Waals surface area contributed by atoms with Crippen LogP contribution in [0, 0.1) is 5.82 Å². The van der Waals surface area contributed by atoms with E-state index in [4.69, 9.17) is 0 Å². The molecule has 2 aromatic carbocycles. The molecule has 1 N–H and O–H groups in total. The SMILES string of the molecule is O=C(c1cc(-c2ccc(F)cc2)c[nH]1)N1CCCCC(c2ccccc2)C1. The number of aromatic amines is 1. The average Bonchev–Trinajstić information content (AvgIpc) is 3.06. The van der Waals surface area contributed by atoms with Crippen molar-refractivity contribution in [2.45, 2.75) is 25.2 Å². The summed E-state index contributed by atoms with van der Waals surface area (Å²) in [7, 11) is 0. The first-order valence-corrected chi connectivity index (χ1v) is 9.49. The van der Waals surface area contributed by atoms with Crippen LogP contribution in [0.25, 0.3) is 11.1 Å². The normalized spacial score (nSPS) is 17.5. The summed E-state index contributed by atoms with van der Waals surface area (Å²) in [5.74, 6) is 0.150. The second kappa shape index (κ2) is 7.78. The van der Waals surface area contributed by atoms with Gasteiger partial charge in [0.1, 0.15) is 11.5 Å². The maximum atomic E-state index is 13.1. The van der Waals surface area contributed by atoms with Crippen LogP contribution in [0.5, 0.6) is 0 Å². The molecular weight excluding hydrogens is 339 g/mol. The first-order chi connectivity index (χ1) is 13.2. The lowest BCUT2D eigenvalue weighted by atomic mass is 9.94. The van der Waals surface area contributed by atoms with Gasteiger partial charge in [-0.2, -0.15) is 0 Å². The summed E-state index contributed by atoms with van der Waals surface area (Å²) in [6, 6.07) is 18.6. The van der Waals surface area contributed by atoms with Crippen molar-refractivity contribution in [2.75, 3.05) is 13.1 Å². The summed E-state index contributed by atoms with van der Waals surface area (Å²) in [6.45, 7) is 1.53. The minimum absolute atomic E-state index is 0.0335. The van der Waals surface area contributed by atoms with Crippen molar-refractivity contribution in [3.8, 4) is 11.1 Å². The van der Waals surface area contributed by atoms with Gasteiger partial charge in [-0.05, 0) is 47.7 Å². The molecule has 0 bridgehead atoms. The maximum Gasteiger partial charge on any atom is 0.270 e. The lowest BCUT2D eigenvalue weighted by molar-refractivity contribution is 0.0749. The van der Waals surface area contributed by atoms with Gasteiger partial charge < -0.3 is 9.88 Å². The number of hydrogen-bond donors (Lipinski definition) is 1. The molecule has 1 amide bonds. The van der Waals surface area contributed by atoms with Crippen LogP contribution in [0.3, 0.4) is 0 Å². The number of nitrogens with one attached hydrogen (secondary N) is 1. The fourth-order valence-electron chi connectivity index (χ4n) is 3.82. The molecule has 1 aromatic heterocycles. The quantitative estimate of drug-likeness (QED) is 0.680. The molecule has 27 heavy (non-hydrogen) atoms. The van der Waals surface area contributed by atoms with Crippen LogP contribution < -0.4 is 0 Å². The highest BCUT2D eigenvalue weighted by atomic mass is 19.1. The molecule has 0 saturated carbocycles. The van der Waals surface area contributed by atoms with Crippen LogP contribution in [-0.4, -0.2) is 28.9 Å². The van der Waals surface area contributed by atoms with Crippen molar-refractivity contribution in [3.05, 3.63) is 83.9 Å². The van der Waals surface area contributed by atoms with Gasteiger partial charge in [0.05, 0.1) is 0 Å². The Balaban J connectivity index is 1.52. The molecule has 3 nitrogen and oxygen atoms in total. The number of likely N-dealkylation sites (tertiary alicyclic amines) is 1. The van der Waals surface area contributed by atoms with Crippen LogP contribution in [0.4, 0.5) is 4.39 Å². The zero-order chi connectivity index (χ0) is 18.6. The summed E-state index contributed by atoms with van der Waals surface area (Å²) >= 11 is 0. The highest BCUT2D eigenvalue weighted by Crippen LogP contribution is 2.28. The number of halogens is 1. The molecule has 1 saturated heterocycles. The molecular formula is C23H23FN2O. The predicted molar refractivity (Wildman–Crippen MR) is 105 cm³/mol. The lowest BCUT2D eigenvalue weighted by Gasteiger charge is -2.24. The van der Waals surface area contributed by atoms with Gasteiger partial charge in [0, 0.05) is 25.2 Å². The van der Waals surface area contributed by atoms with E-state index in [9.17, 15) is 9.18 Å². The van der Waals surface area contributed by atoms with E-state index >= 15 is 0 Å². The number of carbonyl (C=O) groups excluding carboxylic acids is 1. The van der Waals surface area contributed by atoms with E-state index in [1.54, 1.807) is 12.1 Å². The van der Waals surface area contributed by atoms with Crippen LogP contribution >= 0.6 is 0 Å². The smallest absolute Gasteiger partial charge is 0.270 e. The van der Waals surface area contributed by atoms with E-state index in [0.717, 1.165) is 43.5 Å². The summed E-state index contributed by atoms with van der Waals surface area (Å²) < 4.78 is 13.1. The third-order valence-corrected chi connectivity index (χ3v) is 5.32. The van der Waals surface area contributed by atoms with Crippen LogP contribution in [0.1, 0.15) is 41.2 Å². The van der Waals surface area contributed by atoms with Gasteiger partial charge in [-0.25, -0.2) is 4.39 Å². The number of nitrogens with zero attached hydrogens (tertiary/aromatic N) is 1. The molecule has 4 rings (SSSR count). The van der Waals surface area contributed by atoms with E-state index in [1.165, 1.54) is 17.7 Å². The maximum absolute atomic E-state index is 13.1. The standard InChI is InChI=1S/C23H23FN2O/c24-21-11-9-18(10-12-21)20-14-22(25-15-20)23(27)26-13-5-4-8-19(16-26)17-6-2-1-3-7-17/h1-3,6-7,9-12,14-15,19,25H,4-5,8,13,16H2. The monoisotopic (exact) mass is 362 g/mol. The van der Waals surface area contributed by atoms with Gasteiger partial charge in [0.15, 0.2) is 0 Å². The fraction of sp³-hybridized carbons (Fsp3) is 0.261. The van der Waals surface area contributed by atoms with E-state index in [0.29, 0.717) is 11.6 Å². The Bertz CT molecular complexity index is 902. The number of carbonyl (C=O) groups is 1. The van der Waals surface area contributed by atoms with Crippen molar-refractivity contribution in [1.29, 1.82) is 0 Å². The summed E-state index contributed by atoms with van der Waals surface area (Å²) in [6.07, 6.45) is 5.09. The summed E-state index contributed by atoms with van der Waals surface area (Å²) in [5, 5.41) is 0. The summed E-state index contributed by atoms with van der Waals surface area (Å²) in [4.78, 5) is 18.1. The molecule has 4 heteroatoms. The topological polar surface area (TPSA) is 36.1 Å². The zero-order valence-electron chi connectivity index (χ0n) is 15.2. The third-order valence-electron chi connectivity index (χ3n) is 5.32. The Hall–Kier alpha value is -2.88. The molecule has 0 spiro atoms. The van der Waals surface area contributed by atoms with E-state index < -0.39 is 0 Å². The van der Waals surface area contributed by atoms with Crippen molar-refractivity contribution in [2.24, 2.45) is 0 Å². The largest absolute Gasteiger partial charge is 0.357 e. The predicted octanol–water partition coefficient (Wildman–Crippen LogP) is 5.23. The van der Waals surface area contributed by atoms with Crippen LogP contribution in [-0.2, 0) is 0 Å². The number of amides is 1. The van der Waals surface area contributed by atoms with Crippen molar-refractivity contribution in [3.63, 3.8) is 0 Å². The van der Waals surface area contributed by atoms with Gasteiger partial charge >= 0.3 is 0 Å². The second-order valence-corrected chi connectivity index (χ2v) is 7.16. The molecule has 3 aromatic rings. The molecule has 1 unspecified atom stereocenters. The fourth-order valence-corrected chi connectivity index (χ4v) is 3.82. The van der Waals surface area contributed by atoms with Gasteiger partial charge in [0.2, 0.25) is 0 Å². The van der Waals surface area contributed by atoms with Crippen molar-refractivity contribution in [1.82, 2.24) is 9.88 Å². The van der Waals surface area contributed by atoms with Gasteiger partial charge in [0.25, 0.3) is 5.91 Å². The van der Waals surface area contributed by atoms with Crippen LogP contribution in [0.2, 0.25) is 0 Å². The molecule has 1 fully saturated rings. The average molecular weight is 362 g/mol. The third kappa shape index (κ3) is 3.95. The minimum atomic E-state index is -0.262. The molecule has 1 aliphatic rings. The Morgan fingerprint density at radius 2 is 1.78 bits per heavy atom. The van der Waals surface area contributed by atoms with Gasteiger partial charge in [-0.1, -0.05) is 48.9 Å². The number of benzene rings is 2. The van der Waals surface area contributed by atoms with Gasteiger partial charge in [-0.3, -0.25) is 4.79 Å². The molecule has 0 aliphatic carbocycles. The van der Waals surface area contributed by atoms with E-state index in [-0.39, 0.29) is 11.7 Å². The molecule has 1 atom stereocenters. The van der Waals surface area contributed by atoms with Crippen molar-refractivity contribution >= 4 is 5.91 Å². The zero-order valence-corrected chi connectivity index (χ0v) is 15.2. The highest BCUT2D eigenvalue weighted by molar-refractivity contribution is 5.94. The van der Waals surface area contributed by atoms with E-state index in [2.05, 4.69) is 29.2 Å². The highest BCUT2D eigenvalue weighted by Gasteiger charge is 2.24. The Labute approximate surface area is 158 Å². The minimum Gasteiger partial charge on any atom is -0.357 e.